The third-order valence-electron chi connectivity index (χ3n) is 5.98. The van der Waals surface area contributed by atoms with Crippen LogP contribution in [-0.2, 0) is 4.74 Å². The van der Waals surface area contributed by atoms with Gasteiger partial charge in [0, 0.05) is 19.2 Å². The molecule has 0 aliphatic carbocycles. The Bertz CT molecular complexity index is 1010. The number of likely N-dealkylation sites (tertiary alicyclic amines) is 1. The molecule has 8 heteroatoms. The summed E-state index contributed by atoms with van der Waals surface area (Å²) >= 11 is 0. The molecule has 1 unspecified atom stereocenters. The number of nitrogens with one attached hydrogen (secondary N) is 2. The van der Waals surface area contributed by atoms with Gasteiger partial charge in [0.25, 0.3) is 5.91 Å². The van der Waals surface area contributed by atoms with Gasteiger partial charge in [-0.25, -0.2) is 0 Å². The van der Waals surface area contributed by atoms with E-state index in [4.69, 9.17) is 19.2 Å². The average molecular weight is 439 g/mol. The standard InChI is InChI=1S/C24H30N4O4/c1-30-14-12-25-23-24(27-19-8-5-4-7-18(19)26-23)11-6-13-28(16-24)22(29)17-9-10-20(31-2)21(15-17)32-3/h4-5,7-10,15,27H,6,11-14,16H2,1-3H3,(H,25,26). The van der Waals surface area contributed by atoms with Crippen molar-refractivity contribution >= 4 is 23.1 Å². The van der Waals surface area contributed by atoms with E-state index in [1.54, 1.807) is 39.5 Å². The van der Waals surface area contributed by atoms with Crippen LogP contribution in [0.4, 0.5) is 11.4 Å². The van der Waals surface area contributed by atoms with Crippen molar-refractivity contribution in [1.82, 2.24) is 4.90 Å². The molecule has 2 aliphatic heterocycles. The minimum atomic E-state index is -0.480. The number of fused-ring (bicyclic) bond motifs is 1. The molecule has 0 aromatic heterocycles. The third kappa shape index (κ3) is 4.23. The molecular weight excluding hydrogens is 408 g/mol. The van der Waals surface area contributed by atoms with Crippen molar-refractivity contribution < 1.29 is 19.0 Å². The Morgan fingerprint density at radius 3 is 2.62 bits per heavy atom. The van der Waals surface area contributed by atoms with E-state index >= 15 is 0 Å². The van der Waals surface area contributed by atoms with Crippen LogP contribution in [0.5, 0.6) is 11.5 Å². The molecule has 1 saturated heterocycles. The van der Waals surface area contributed by atoms with Gasteiger partial charge in [0.05, 0.1) is 45.3 Å². The highest BCUT2D eigenvalue weighted by atomic mass is 16.5. The van der Waals surface area contributed by atoms with Gasteiger partial charge in [-0.1, -0.05) is 12.1 Å². The summed E-state index contributed by atoms with van der Waals surface area (Å²) in [5, 5.41) is 7.20. The predicted molar refractivity (Wildman–Crippen MR) is 125 cm³/mol. The third-order valence-corrected chi connectivity index (χ3v) is 5.98. The van der Waals surface area contributed by atoms with E-state index < -0.39 is 5.54 Å². The van der Waals surface area contributed by atoms with E-state index in [0.29, 0.717) is 43.3 Å². The normalized spacial score (nSPS) is 21.0. The Morgan fingerprint density at radius 2 is 1.88 bits per heavy atom. The summed E-state index contributed by atoms with van der Waals surface area (Å²) in [4.78, 5) is 20.1. The molecule has 0 saturated carbocycles. The lowest BCUT2D eigenvalue weighted by atomic mass is 9.84. The molecule has 2 N–H and O–H groups in total. The minimum absolute atomic E-state index is 0.0399. The Kier molecular flexibility index (Phi) is 6.50. The van der Waals surface area contributed by atoms with Gasteiger partial charge in [-0.3, -0.25) is 9.79 Å². The van der Waals surface area contributed by atoms with Gasteiger partial charge in [0.1, 0.15) is 11.4 Å². The number of para-hydroxylation sites is 2. The fourth-order valence-electron chi connectivity index (χ4n) is 4.38. The van der Waals surface area contributed by atoms with E-state index in [-0.39, 0.29) is 5.91 Å². The van der Waals surface area contributed by atoms with Gasteiger partial charge in [-0.05, 0) is 43.2 Å². The zero-order valence-electron chi connectivity index (χ0n) is 18.8. The lowest BCUT2D eigenvalue weighted by molar-refractivity contribution is 0.0694. The summed E-state index contributed by atoms with van der Waals surface area (Å²) in [7, 11) is 4.82. The van der Waals surface area contributed by atoms with Crippen molar-refractivity contribution in [3.63, 3.8) is 0 Å². The van der Waals surface area contributed by atoms with E-state index in [2.05, 4.69) is 10.6 Å². The maximum atomic E-state index is 13.4. The van der Waals surface area contributed by atoms with E-state index in [1.165, 1.54) is 0 Å². The summed E-state index contributed by atoms with van der Waals surface area (Å²) in [5.74, 6) is 1.94. The maximum absolute atomic E-state index is 13.4. The van der Waals surface area contributed by atoms with Crippen molar-refractivity contribution in [2.45, 2.75) is 18.4 Å². The zero-order valence-corrected chi connectivity index (χ0v) is 18.8. The molecule has 0 bridgehead atoms. The van der Waals surface area contributed by atoms with Gasteiger partial charge in [0.2, 0.25) is 0 Å². The summed E-state index contributed by atoms with van der Waals surface area (Å²) in [5.41, 5.74) is 2.09. The van der Waals surface area contributed by atoms with Crippen LogP contribution in [0.3, 0.4) is 0 Å². The first-order valence-corrected chi connectivity index (χ1v) is 10.8. The number of amides is 1. The quantitative estimate of drug-likeness (QED) is 0.674. The van der Waals surface area contributed by atoms with Crippen LogP contribution in [-0.4, -0.2) is 69.8 Å². The first-order valence-electron chi connectivity index (χ1n) is 10.8. The summed E-state index contributed by atoms with van der Waals surface area (Å²) < 4.78 is 15.9. The highest BCUT2D eigenvalue weighted by molar-refractivity contribution is 6.10. The van der Waals surface area contributed by atoms with Crippen LogP contribution in [0.1, 0.15) is 23.2 Å². The van der Waals surface area contributed by atoms with Crippen molar-refractivity contribution in [2.75, 3.05) is 58.2 Å². The van der Waals surface area contributed by atoms with Gasteiger partial charge in [0.15, 0.2) is 11.5 Å². The molecule has 2 aliphatic rings. The Labute approximate surface area is 188 Å². The fourth-order valence-corrected chi connectivity index (χ4v) is 4.38. The monoisotopic (exact) mass is 438 g/mol. The number of aliphatic imine (C=N–C) groups is 1. The van der Waals surface area contributed by atoms with Crippen LogP contribution in [0.25, 0.3) is 0 Å². The topological polar surface area (TPSA) is 84.4 Å². The van der Waals surface area contributed by atoms with Gasteiger partial charge in [-0.15, -0.1) is 0 Å². The molecule has 32 heavy (non-hydrogen) atoms. The first kappa shape index (κ1) is 22.0. The number of nitrogens with zero attached hydrogens (tertiary/aromatic N) is 2. The van der Waals surface area contributed by atoms with Crippen molar-refractivity contribution in [3.05, 3.63) is 48.0 Å². The molecule has 0 radical (unpaired) electrons. The highest BCUT2D eigenvalue weighted by Gasteiger charge is 2.44. The number of piperidine rings is 1. The van der Waals surface area contributed by atoms with Gasteiger partial charge < -0.3 is 29.7 Å². The molecule has 1 atom stereocenters. The van der Waals surface area contributed by atoms with Crippen molar-refractivity contribution in [3.8, 4) is 11.5 Å². The Morgan fingerprint density at radius 1 is 1.09 bits per heavy atom. The Balaban J connectivity index is 1.63. The fraction of sp³-hybridized carbons (Fsp3) is 0.417. The second-order valence-electron chi connectivity index (χ2n) is 8.00. The molecule has 1 amide bonds. The summed E-state index contributed by atoms with van der Waals surface area (Å²) in [6.07, 6.45) is 1.73. The van der Waals surface area contributed by atoms with Crippen LogP contribution >= 0.6 is 0 Å². The van der Waals surface area contributed by atoms with Crippen molar-refractivity contribution in [2.24, 2.45) is 4.99 Å². The second kappa shape index (κ2) is 9.48. The molecule has 1 fully saturated rings. The summed E-state index contributed by atoms with van der Waals surface area (Å²) in [6, 6.07) is 13.3. The zero-order chi connectivity index (χ0) is 22.6. The molecule has 1 spiro atoms. The van der Waals surface area contributed by atoms with Gasteiger partial charge in [-0.2, -0.15) is 0 Å². The maximum Gasteiger partial charge on any atom is 0.254 e. The number of carbonyl (C=O) groups excluding carboxylic acids is 1. The lowest BCUT2D eigenvalue weighted by Gasteiger charge is -2.47. The Hall–Kier alpha value is -3.26. The first-order chi connectivity index (χ1) is 15.6. The number of benzene rings is 2. The average Bonchev–Trinajstić information content (AvgIpc) is 2.83. The molecule has 2 aromatic rings. The molecule has 170 valence electrons. The number of methoxy groups -OCH3 is 3. The van der Waals surface area contributed by atoms with Crippen LogP contribution in [0.15, 0.2) is 47.5 Å². The van der Waals surface area contributed by atoms with Crippen LogP contribution in [0, 0.1) is 0 Å². The van der Waals surface area contributed by atoms with E-state index in [9.17, 15) is 4.79 Å². The SMILES string of the molecule is COCCN=C1Nc2ccccc2NC12CCCN(C(=O)c1ccc(OC)c(OC)c1)C2. The van der Waals surface area contributed by atoms with E-state index in [1.807, 2.05) is 29.2 Å². The number of carbonyl (C=O) groups is 1. The molecule has 2 heterocycles. The number of rotatable bonds is 6. The highest BCUT2D eigenvalue weighted by Crippen LogP contribution is 2.37. The molecule has 2 aromatic carbocycles. The van der Waals surface area contributed by atoms with Crippen LogP contribution < -0.4 is 20.1 Å². The number of hydrogen-bond acceptors (Lipinski definition) is 6. The molecule has 8 nitrogen and oxygen atoms in total. The number of amidine groups is 1. The predicted octanol–water partition coefficient (Wildman–Crippen LogP) is 3.26. The van der Waals surface area contributed by atoms with E-state index in [0.717, 1.165) is 30.1 Å². The van der Waals surface area contributed by atoms with Crippen molar-refractivity contribution in [1.29, 1.82) is 0 Å². The molecule has 4 rings (SSSR count). The number of hydrogen-bond donors (Lipinski definition) is 2. The summed E-state index contributed by atoms with van der Waals surface area (Å²) in [6.45, 7) is 2.28. The van der Waals surface area contributed by atoms with Gasteiger partial charge >= 0.3 is 0 Å². The second-order valence-corrected chi connectivity index (χ2v) is 8.00. The largest absolute Gasteiger partial charge is 0.493 e. The van der Waals surface area contributed by atoms with Crippen LogP contribution in [0.2, 0.25) is 0 Å². The smallest absolute Gasteiger partial charge is 0.254 e. The lowest BCUT2D eigenvalue weighted by Crippen LogP contribution is -2.62. The number of anilines is 2. The molecular formula is C24H30N4O4. The minimum Gasteiger partial charge on any atom is -0.493 e. The number of ether oxygens (including phenoxy) is 3.